The highest BCUT2D eigenvalue weighted by molar-refractivity contribution is 6.11. The molecule has 0 unspecified atom stereocenters. The van der Waals surface area contributed by atoms with E-state index in [1.54, 1.807) is 0 Å². The standard InChI is InChI=1S/C36H30N2O3/c39-36-34(37-30-16-20-32(21-17-30)40-25-27-10-4-1-5-11-27)24-35(29-14-8-3-9-15-29)38(36)31-18-22-33(23-19-31)41-26-28-12-6-2-7-13-28/h1-24,35,37H,25-26H2/t35-/m1/s1. The van der Waals surface area contributed by atoms with Crippen molar-refractivity contribution < 1.29 is 14.3 Å². The molecule has 41 heavy (non-hydrogen) atoms. The minimum absolute atomic E-state index is 0.0961. The first-order valence-corrected chi connectivity index (χ1v) is 13.6. The van der Waals surface area contributed by atoms with Crippen LogP contribution in [0.25, 0.3) is 0 Å². The molecule has 0 saturated heterocycles. The second-order valence-corrected chi connectivity index (χ2v) is 9.80. The molecule has 0 saturated carbocycles. The van der Waals surface area contributed by atoms with E-state index in [0.29, 0.717) is 18.9 Å². The van der Waals surface area contributed by atoms with E-state index in [2.05, 4.69) is 5.32 Å². The van der Waals surface area contributed by atoms with E-state index in [1.165, 1.54) is 0 Å². The third kappa shape index (κ3) is 6.31. The maximum Gasteiger partial charge on any atom is 0.275 e. The average molecular weight is 539 g/mol. The highest BCUT2D eigenvalue weighted by Gasteiger charge is 2.34. The van der Waals surface area contributed by atoms with Crippen LogP contribution in [0.3, 0.4) is 0 Å². The monoisotopic (exact) mass is 538 g/mol. The Balaban J connectivity index is 1.16. The fraction of sp³-hybridized carbons (Fsp3) is 0.0833. The zero-order valence-corrected chi connectivity index (χ0v) is 22.5. The zero-order valence-electron chi connectivity index (χ0n) is 22.5. The Hall–Kier alpha value is -5.29. The molecule has 1 heterocycles. The Morgan fingerprint density at radius 2 is 1.07 bits per heavy atom. The molecule has 0 aromatic heterocycles. The van der Waals surface area contributed by atoms with Crippen LogP contribution < -0.4 is 19.7 Å². The van der Waals surface area contributed by atoms with Gasteiger partial charge in [-0.15, -0.1) is 0 Å². The Labute approximate surface area is 240 Å². The Kier molecular flexibility index (Phi) is 7.77. The van der Waals surface area contributed by atoms with Crippen LogP contribution in [0.2, 0.25) is 0 Å². The van der Waals surface area contributed by atoms with Gasteiger partial charge >= 0.3 is 0 Å². The first-order chi connectivity index (χ1) is 20.2. The summed E-state index contributed by atoms with van der Waals surface area (Å²) in [6.45, 7) is 0.988. The van der Waals surface area contributed by atoms with Gasteiger partial charge < -0.3 is 14.8 Å². The molecule has 202 valence electrons. The van der Waals surface area contributed by atoms with Crippen LogP contribution in [0.5, 0.6) is 11.5 Å². The molecule has 1 amide bonds. The largest absolute Gasteiger partial charge is 0.489 e. The molecule has 0 bridgehead atoms. The van der Waals surface area contributed by atoms with E-state index in [4.69, 9.17) is 9.47 Å². The van der Waals surface area contributed by atoms with Gasteiger partial charge in [0, 0.05) is 11.4 Å². The lowest BCUT2D eigenvalue weighted by molar-refractivity contribution is -0.114. The number of nitrogens with one attached hydrogen (secondary N) is 1. The quantitative estimate of drug-likeness (QED) is 0.196. The molecule has 1 atom stereocenters. The van der Waals surface area contributed by atoms with Gasteiger partial charge in [-0.05, 0) is 71.3 Å². The Morgan fingerprint density at radius 3 is 1.61 bits per heavy atom. The molecule has 5 aromatic carbocycles. The van der Waals surface area contributed by atoms with Gasteiger partial charge in [0.1, 0.15) is 30.4 Å². The number of nitrogens with zero attached hydrogens (tertiary/aromatic N) is 1. The van der Waals surface area contributed by atoms with Crippen molar-refractivity contribution in [3.63, 3.8) is 0 Å². The lowest BCUT2D eigenvalue weighted by Gasteiger charge is -2.25. The van der Waals surface area contributed by atoms with Crippen LogP contribution in [0.4, 0.5) is 11.4 Å². The highest BCUT2D eigenvalue weighted by atomic mass is 16.5. The van der Waals surface area contributed by atoms with Crippen molar-refractivity contribution in [2.45, 2.75) is 19.3 Å². The summed E-state index contributed by atoms with van der Waals surface area (Å²) in [4.78, 5) is 15.6. The number of anilines is 2. The second kappa shape index (κ2) is 12.3. The molecule has 1 N–H and O–H groups in total. The van der Waals surface area contributed by atoms with Crippen molar-refractivity contribution in [3.8, 4) is 11.5 Å². The molecule has 5 heteroatoms. The lowest BCUT2D eigenvalue weighted by atomic mass is 10.1. The smallest absolute Gasteiger partial charge is 0.275 e. The number of carbonyl (C=O) groups is 1. The molecule has 0 spiro atoms. The number of benzene rings is 5. The highest BCUT2D eigenvalue weighted by Crippen LogP contribution is 2.37. The third-order valence-corrected chi connectivity index (χ3v) is 6.94. The number of hydrogen-bond donors (Lipinski definition) is 1. The summed E-state index contributed by atoms with van der Waals surface area (Å²) < 4.78 is 11.9. The van der Waals surface area contributed by atoms with Crippen LogP contribution >= 0.6 is 0 Å². The summed E-state index contributed by atoms with van der Waals surface area (Å²) in [6, 6.07) is 45.3. The van der Waals surface area contributed by atoms with Crippen molar-refractivity contribution in [1.82, 2.24) is 0 Å². The predicted octanol–water partition coefficient (Wildman–Crippen LogP) is 7.93. The molecule has 6 rings (SSSR count). The van der Waals surface area contributed by atoms with Crippen LogP contribution in [0, 0.1) is 0 Å². The molecule has 1 aliphatic heterocycles. The number of ether oxygens (including phenoxy) is 2. The van der Waals surface area contributed by atoms with Gasteiger partial charge in [0.15, 0.2) is 0 Å². The Morgan fingerprint density at radius 1 is 0.585 bits per heavy atom. The Bertz CT molecular complexity index is 1600. The van der Waals surface area contributed by atoms with Crippen molar-refractivity contribution in [2.75, 3.05) is 10.2 Å². The molecular weight excluding hydrogens is 508 g/mol. The topological polar surface area (TPSA) is 50.8 Å². The summed E-state index contributed by atoms with van der Waals surface area (Å²) in [5, 5.41) is 3.33. The van der Waals surface area contributed by atoms with Crippen LogP contribution in [-0.2, 0) is 18.0 Å². The zero-order chi connectivity index (χ0) is 27.9. The van der Waals surface area contributed by atoms with Gasteiger partial charge in [0.25, 0.3) is 5.91 Å². The van der Waals surface area contributed by atoms with Crippen molar-refractivity contribution in [3.05, 3.63) is 168 Å². The van der Waals surface area contributed by atoms with Gasteiger partial charge in [0.2, 0.25) is 0 Å². The number of rotatable bonds is 10. The van der Waals surface area contributed by atoms with E-state index in [0.717, 1.165) is 39.6 Å². The average Bonchev–Trinajstić information content (AvgIpc) is 3.36. The number of hydrogen-bond acceptors (Lipinski definition) is 4. The summed E-state index contributed by atoms with van der Waals surface area (Å²) in [6.07, 6.45) is 1.98. The van der Waals surface area contributed by atoms with E-state index in [1.807, 2.05) is 151 Å². The van der Waals surface area contributed by atoms with Gasteiger partial charge in [-0.1, -0.05) is 91.0 Å². The molecule has 1 aliphatic rings. The first kappa shape index (κ1) is 26.0. The minimum Gasteiger partial charge on any atom is -0.489 e. The van der Waals surface area contributed by atoms with Gasteiger partial charge in [-0.25, -0.2) is 0 Å². The molecule has 0 fully saturated rings. The van der Waals surface area contributed by atoms with Crippen LogP contribution in [0.1, 0.15) is 22.7 Å². The van der Waals surface area contributed by atoms with Gasteiger partial charge in [-0.3, -0.25) is 9.69 Å². The first-order valence-electron chi connectivity index (χ1n) is 13.6. The fourth-order valence-electron chi connectivity index (χ4n) is 4.80. The van der Waals surface area contributed by atoms with Crippen molar-refractivity contribution in [1.29, 1.82) is 0 Å². The van der Waals surface area contributed by atoms with Crippen LogP contribution in [-0.4, -0.2) is 5.91 Å². The molecule has 0 aliphatic carbocycles. The number of amides is 1. The lowest BCUT2D eigenvalue weighted by Crippen LogP contribution is -2.30. The van der Waals surface area contributed by atoms with Crippen molar-refractivity contribution >= 4 is 17.3 Å². The number of carbonyl (C=O) groups excluding carboxylic acids is 1. The minimum atomic E-state index is -0.240. The summed E-state index contributed by atoms with van der Waals surface area (Å²) in [7, 11) is 0. The van der Waals surface area contributed by atoms with Gasteiger partial charge in [0.05, 0.1) is 6.04 Å². The molecule has 0 radical (unpaired) electrons. The maximum absolute atomic E-state index is 13.8. The normalized spacial score (nSPS) is 14.4. The fourth-order valence-corrected chi connectivity index (χ4v) is 4.80. The molecule has 5 nitrogen and oxygen atoms in total. The SMILES string of the molecule is O=C1C(Nc2ccc(OCc3ccccc3)cc2)=C[C@H](c2ccccc2)N1c1ccc(OCc2ccccc2)cc1. The summed E-state index contributed by atoms with van der Waals surface area (Å²) >= 11 is 0. The van der Waals surface area contributed by atoms with E-state index >= 15 is 0 Å². The van der Waals surface area contributed by atoms with Gasteiger partial charge in [-0.2, -0.15) is 0 Å². The maximum atomic E-state index is 13.8. The summed E-state index contributed by atoms with van der Waals surface area (Å²) in [5.41, 5.74) is 5.39. The van der Waals surface area contributed by atoms with Crippen LogP contribution in [0.15, 0.2) is 151 Å². The molecule has 5 aromatic rings. The van der Waals surface area contributed by atoms with E-state index < -0.39 is 0 Å². The van der Waals surface area contributed by atoms with E-state index in [-0.39, 0.29) is 11.9 Å². The van der Waals surface area contributed by atoms with Crippen molar-refractivity contribution in [2.24, 2.45) is 0 Å². The van der Waals surface area contributed by atoms with E-state index in [9.17, 15) is 4.79 Å². The predicted molar refractivity (Wildman–Crippen MR) is 163 cm³/mol. The third-order valence-electron chi connectivity index (χ3n) is 6.94. The summed E-state index contributed by atoms with van der Waals surface area (Å²) in [5.74, 6) is 1.42. The molecular formula is C36H30N2O3. The second-order valence-electron chi connectivity index (χ2n) is 9.80.